The summed E-state index contributed by atoms with van der Waals surface area (Å²) in [6, 6.07) is 0.392. The summed E-state index contributed by atoms with van der Waals surface area (Å²) in [5.41, 5.74) is 0. The van der Waals surface area contributed by atoms with E-state index in [2.05, 4.69) is 17.7 Å². The summed E-state index contributed by atoms with van der Waals surface area (Å²) in [6.45, 7) is 4.60. The molecule has 0 spiro atoms. The van der Waals surface area contributed by atoms with Crippen molar-refractivity contribution >= 4 is 0 Å². The first-order valence-electron chi connectivity index (χ1n) is 5.08. The average Bonchev–Trinajstić information content (AvgIpc) is 2.35. The highest BCUT2D eigenvalue weighted by Gasteiger charge is 2.15. The molecule has 0 saturated carbocycles. The SMILES string of the molecule is C#CC(CC)N1CCCCCC1. The fraction of sp³-hybridized carbons (Fsp3) is 0.818. The van der Waals surface area contributed by atoms with E-state index in [9.17, 15) is 0 Å². The Morgan fingerprint density at radius 2 is 1.83 bits per heavy atom. The molecule has 68 valence electrons. The molecule has 1 heterocycles. The van der Waals surface area contributed by atoms with Crippen LogP contribution in [-0.2, 0) is 0 Å². The van der Waals surface area contributed by atoms with Gasteiger partial charge in [-0.25, -0.2) is 0 Å². The zero-order chi connectivity index (χ0) is 8.81. The van der Waals surface area contributed by atoms with Crippen molar-refractivity contribution in [1.82, 2.24) is 4.90 Å². The summed E-state index contributed by atoms with van der Waals surface area (Å²) in [6.07, 6.45) is 12.0. The van der Waals surface area contributed by atoms with Crippen LogP contribution in [0.5, 0.6) is 0 Å². The molecular formula is C11H19N. The van der Waals surface area contributed by atoms with Gasteiger partial charge in [0.25, 0.3) is 0 Å². The molecule has 1 fully saturated rings. The van der Waals surface area contributed by atoms with Gasteiger partial charge in [0.1, 0.15) is 0 Å². The largest absolute Gasteiger partial charge is 0.290 e. The highest BCUT2D eigenvalue weighted by Crippen LogP contribution is 2.13. The highest BCUT2D eigenvalue weighted by molar-refractivity contribution is 4.99. The van der Waals surface area contributed by atoms with Crippen LogP contribution in [-0.4, -0.2) is 24.0 Å². The molecule has 1 unspecified atom stereocenters. The molecule has 0 radical (unpaired) electrons. The maximum Gasteiger partial charge on any atom is 0.0709 e. The van der Waals surface area contributed by atoms with Gasteiger partial charge in [-0.15, -0.1) is 6.42 Å². The maximum atomic E-state index is 5.47. The fourth-order valence-corrected chi connectivity index (χ4v) is 1.89. The van der Waals surface area contributed by atoms with Crippen LogP contribution in [0.2, 0.25) is 0 Å². The molecule has 1 heteroatoms. The number of terminal acetylenes is 1. The van der Waals surface area contributed by atoms with Gasteiger partial charge in [-0.05, 0) is 32.4 Å². The minimum absolute atomic E-state index is 0.392. The van der Waals surface area contributed by atoms with Gasteiger partial charge in [-0.2, -0.15) is 0 Å². The van der Waals surface area contributed by atoms with Crippen molar-refractivity contribution in [2.75, 3.05) is 13.1 Å². The van der Waals surface area contributed by atoms with E-state index in [0.717, 1.165) is 6.42 Å². The van der Waals surface area contributed by atoms with Crippen LogP contribution in [0.4, 0.5) is 0 Å². The lowest BCUT2D eigenvalue weighted by molar-refractivity contribution is 0.240. The molecule has 1 rings (SSSR count). The van der Waals surface area contributed by atoms with Crippen molar-refractivity contribution in [1.29, 1.82) is 0 Å². The third kappa shape index (κ3) is 2.53. The third-order valence-corrected chi connectivity index (χ3v) is 2.66. The van der Waals surface area contributed by atoms with E-state index in [1.807, 2.05) is 0 Å². The fourth-order valence-electron chi connectivity index (χ4n) is 1.89. The molecule has 0 aliphatic carbocycles. The monoisotopic (exact) mass is 165 g/mol. The van der Waals surface area contributed by atoms with E-state index in [4.69, 9.17) is 6.42 Å². The standard InChI is InChI=1S/C11H19N/c1-3-11(4-2)12-9-7-5-6-8-10-12/h1,11H,4-10H2,2H3. The lowest BCUT2D eigenvalue weighted by Crippen LogP contribution is -2.34. The van der Waals surface area contributed by atoms with Gasteiger partial charge in [0.05, 0.1) is 6.04 Å². The van der Waals surface area contributed by atoms with Crippen molar-refractivity contribution in [2.45, 2.75) is 45.1 Å². The lowest BCUT2D eigenvalue weighted by atomic mass is 10.2. The molecule has 0 N–H and O–H groups in total. The van der Waals surface area contributed by atoms with Crippen LogP contribution in [0.15, 0.2) is 0 Å². The predicted molar refractivity (Wildman–Crippen MR) is 53.0 cm³/mol. The van der Waals surface area contributed by atoms with Gasteiger partial charge in [0.15, 0.2) is 0 Å². The van der Waals surface area contributed by atoms with E-state index < -0.39 is 0 Å². The van der Waals surface area contributed by atoms with Gasteiger partial charge in [0.2, 0.25) is 0 Å². The number of nitrogens with zero attached hydrogens (tertiary/aromatic N) is 1. The van der Waals surface area contributed by atoms with E-state index in [1.165, 1.54) is 38.8 Å². The normalized spacial score (nSPS) is 22.7. The highest BCUT2D eigenvalue weighted by atomic mass is 15.1. The molecular weight excluding hydrogens is 146 g/mol. The van der Waals surface area contributed by atoms with Gasteiger partial charge >= 0.3 is 0 Å². The molecule has 0 bridgehead atoms. The van der Waals surface area contributed by atoms with Crippen LogP contribution >= 0.6 is 0 Å². The van der Waals surface area contributed by atoms with Crippen molar-refractivity contribution in [3.8, 4) is 12.3 Å². The van der Waals surface area contributed by atoms with E-state index >= 15 is 0 Å². The zero-order valence-electron chi connectivity index (χ0n) is 8.05. The number of rotatable bonds is 2. The Bertz CT molecular complexity index is 149. The van der Waals surface area contributed by atoms with E-state index in [-0.39, 0.29) is 0 Å². The Kier molecular flexibility index (Phi) is 4.18. The molecule has 1 aliphatic heterocycles. The van der Waals surface area contributed by atoms with Crippen molar-refractivity contribution in [2.24, 2.45) is 0 Å². The summed E-state index contributed by atoms with van der Waals surface area (Å²) in [5, 5.41) is 0. The van der Waals surface area contributed by atoms with E-state index in [0.29, 0.717) is 6.04 Å². The molecule has 1 atom stereocenters. The summed E-state index contributed by atoms with van der Waals surface area (Å²) in [5.74, 6) is 2.88. The van der Waals surface area contributed by atoms with Crippen LogP contribution in [0.1, 0.15) is 39.0 Å². The first-order valence-corrected chi connectivity index (χ1v) is 5.08. The second-order valence-electron chi connectivity index (χ2n) is 3.54. The zero-order valence-corrected chi connectivity index (χ0v) is 8.05. The first kappa shape index (κ1) is 9.61. The third-order valence-electron chi connectivity index (χ3n) is 2.66. The Hall–Kier alpha value is -0.480. The first-order chi connectivity index (χ1) is 5.88. The number of hydrogen-bond donors (Lipinski definition) is 0. The summed E-state index contributed by atoms with van der Waals surface area (Å²) in [4.78, 5) is 2.47. The van der Waals surface area contributed by atoms with Crippen molar-refractivity contribution in [3.05, 3.63) is 0 Å². The predicted octanol–water partition coefficient (Wildman–Crippen LogP) is 2.27. The molecule has 12 heavy (non-hydrogen) atoms. The van der Waals surface area contributed by atoms with Crippen LogP contribution < -0.4 is 0 Å². The molecule has 0 aromatic rings. The Morgan fingerprint density at radius 3 is 2.25 bits per heavy atom. The van der Waals surface area contributed by atoms with Crippen LogP contribution in [0.3, 0.4) is 0 Å². The molecule has 1 saturated heterocycles. The van der Waals surface area contributed by atoms with E-state index in [1.54, 1.807) is 0 Å². The Labute approximate surface area is 76.1 Å². The molecule has 0 amide bonds. The minimum Gasteiger partial charge on any atom is -0.290 e. The van der Waals surface area contributed by atoms with Gasteiger partial charge in [-0.3, -0.25) is 4.90 Å². The molecule has 1 aliphatic rings. The minimum atomic E-state index is 0.392. The maximum absolute atomic E-state index is 5.47. The van der Waals surface area contributed by atoms with Crippen LogP contribution in [0, 0.1) is 12.3 Å². The van der Waals surface area contributed by atoms with Gasteiger partial charge in [0, 0.05) is 0 Å². The molecule has 1 nitrogen and oxygen atoms in total. The quantitative estimate of drug-likeness (QED) is 0.567. The smallest absolute Gasteiger partial charge is 0.0709 e. The average molecular weight is 165 g/mol. The van der Waals surface area contributed by atoms with Gasteiger partial charge < -0.3 is 0 Å². The second kappa shape index (κ2) is 5.22. The molecule has 0 aromatic carbocycles. The van der Waals surface area contributed by atoms with Crippen LogP contribution in [0.25, 0.3) is 0 Å². The second-order valence-corrected chi connectivity index (χ2v) is 3.54. The summed E-state index contributed by atoms with van der Waals surface area (Å²) < 4.78 is 0. The topological polar surface area (TPSA) is 3.24 Å². The Balaban J connectivity index is 2.42. The molecule has 0 aromatic heterocycles. The van der Waals surface area contributed by atoms with Gasteiger partial charge in [-0.1, -0.05) is 25.7 Å². The van der Waals surface area contributed by atoms with Crippen molar-refractivity contribution in [3.63, 3.8) is 0 Å². The summed E-state index contributed by atoms with van der Waals surface area (Å²) >= 11 is 0. The number of hydrogen-bond acceptors (Lipinski definition) is 1. The summed E-state index contributed by atoms with van der Waals surface area (Å²) in [7, 11) is 0. The lowest BCUT2D eigenvalue weighted by Gasteiger charge is -2.25. The number of likely N-dealkylation sites (tertiary alicyclic amines) is 1. The Morgan fingerprint density at radius 1 is 1.25 bits per heavy atom. The van der Waals surface area contributed by atoms with Crippen molar-refractivity contribution < 1.29 is 0 Å².